The Morgan fingerprint density at radius 3 is 2.47 bits per heavy atom. The van der Waals surface area contributed by atoms with Crippen LogP contribution in [0.1, 0.15) is 21.3 Å². The van der Waals surface area contributed by atoms with E-state index in [0.29, 0.717) is 15.1 Å². The van der Waals surface area contributed by atoms with Crippen LogP contribution in [0.5, 0.6) is 5.75 Å². The van der Waals surface area contributed by atoms with Gasteiger partial charge in [0.1, 0.15) is 5.75 Å². The molecule has 0 saturated carbocycles. The van der Waals surface area contributed by atoms with Gasteiger partial charge in [-0.1, -0.05) is 29.5 Å². The minimum atomic E-state index is -1.08. The standard InChI is InChI=1S/C22H12F2N2O4S2/c23-12-8-14-16(9-13(12)24)32-22(25-14)26-18(10-3-5-11(27)6-4-10)17(20(29)21(26)30)19(28)15-2-1-7-31-15/h1-9,18,27,29H. The van der Waals surface area contributed by atoms with Gasteiger partial charge in [-0.25, -0.2) is 13.8 Å². The largest absolute Gasteiger partial charge is 0.508 e. The van der Waals surface area contributed by atoms with Gasteiger partial charge in [-0.2, -0.15) is 0 Å². The minimum absolute atomic E-state index is 0.0186. The van der Waals surface area contributed by atoms with Gasteiger partial charge in [0.2, 0.25) is 5.78 Å². The van der Waals surface area contributed by atoms with Crippen LogP contribution in [0.2, 0.25) is 0 Å². The summed E-state index contributed by atoms with van der Waals surface area (Å²) in [5.74, 6) is -4.25. The number of phenolic OH excluding ortho intramolecular Hbond substituents is 1. The Balaban J connectivity index is 1.69. The summed E-state index contributed by atoms with van der Waals surface area (Å²) in [6, 6.07) is 9.94. The highest BCUT2D eigenvalue weighted by molar-refractivity contribution is 7.22. The molecular formula is C22H12F2N2O4S2. The van der Waals surface area contributed by atoms with Crippen LogP contribution in [0, 0.1) is 11.6 Å². The molecule has 0 fully saturated rings. The van der Waals surface area contributed by atoms with Gasteiger partial charge in [-0.15, -0.1) is 11.3 Å². The molecule has 1 atom stereocenters. The normalized spacial score (nSPS) is 16.4. The molecule has 32 heavy (non-hydrogen) atoms. The Morgan fingerprint density at radius 1 is 1.06 bits per heavy atom. The zero-order valence-electron chi connectivity index (χ0n) is 16.0. The molecule has 2 N–H and O–H groups in total. The zero-order valence-corrected chi connectivity index (χ0v) is 17.6. The summed E-state index contributed by atoms with van der Waals surface area (Å²) in [6.45, 7) is 0. The van der Waals surface area contributed by atoms with Crippen molar-refractivity contribution >= 4 is 49.7 Å². The number of Topliss-reactive ketones (excluding diaryl/α,β-unsaturated/α-hetero) is 1. The number of phenols is 1. The predicted octanol–water partition coefficient (Wildman–Crippen LogP) is 5.12. The Morgan fingerprint density at radius 2 is 1.78 bits per heavy atom. The Bertz CT molecular complexity index is 1370. The van der Waals surface area contributed by atoms with Gasteiger partial charge in [-0.3, -0.25) is 14.5 Å². The number of hydrogen-bond acceptors (Lipinski definition) is 7. The second kappa shape index (κ2) is 7.50. The van der Waals surface area contributed by atoms with Gasteiger partial charge in [0.25, 0.3) is 5.91 Å². The van der Waals surface area contributed by atoms with Crippen molar-refractivity contribution < 1.29 is 28.6 Å². The smallest absolute Gasteiger partial charge is 0.296 e. The number of nitrogens with zero attached hydrogens (tertiary/aromatic N) is 2. The first-order valence-corrected chi connectivity index (χ1v) is 10.9. The number of benzene rings is 2. The third-order valence-electron chi connectivity index (χ3n) is 5.03. The molecule has 1 aliphatic heterocycles. The van der Waals surface area contributed by atoms with Crippen molar-refractivity contribution in [3.63, 3.8) is 0 Å². The molecule has 0 bridgehead atoms. The summed E-state index contributed by atoms with van der Waals surface area (Å²) < 4.78 is 27.7. The van der Waals surface area contributed by atoms with Gasteiger partial charge >= 0.3 is 0 Å². The maximum absolute atomic E-state index is 13.7. The molecule has 4 aromatic rings. The number of aromatic hydroxyl groups is 1. The van der Waals surface area contributed by atoms with E-state index in [1.807, 2.05) is 0 Å². The summed E-state index contributed by atoms with van der Waals surface area (Å²) in [7, 11) is 0. The SMILES string of the molecule is O=C(C1=C(O)C(=O)N(c2nc3cc(F)c(F)cc3s2)C1c1ccc(O)cc1)c1cccs1. The lowest BCUT2D eigenvalue weighted by atomic mass is 9.95. The molecular weight excluding hydrogens is 458 g/mol. The van der Waals surface area contributed by atoms with E-state index in [0.717, 1.165) is 39.7 Å². The number of hydrogen-bond donors (Lipinski definition) is 2. The van der Waals surface area contributed by atoms with Gasteiger partial charge in [0.05, 0.1) is 26.7 Å². The summed E-state index contributed by atoms with van der Waals surface area (Å²) >= 11 is 2.09. The first kappa shape index (κ1) is 20.3. The number of anilines is 1. The second-order valence-corrected chi connectivity index (χ2v) is 8.93. The molecule has 2 aromatic heterocycles. The molecule has 1 aliphatic rings. The highest BCUT2D eigenvalue weighted by Crippen LogP contribution is 2.44. The lowest BCUT2D eigenvalue weighted by molar-refractivity contribution is -0.117. The fourth-order valence-corrected chi connectivity index (χ4v) is 5.24. The first-order chi connectivity index (χ1) is 15.3. The number of thiophene rings is 1. The summed E-state index contributed by atoms with van der Waals surface area (Å²) in [6.07, 6.45) is 0. The maximum Gasteiger partial charge on any atom is 0.296 e. The van der Waals surface area contributed by atoms with E-state index in [1.54, 1.807) is 17.5 Å². The molecule has 160 valence electrons. The molecule has 5 rings (SSSR count). The van der Waals surface area contributed by atoms with E-state index in [9.17, 15) is 28.6 Å². The van der Waals surface area contributed by atoms with Gasteiger partial charge in [0.15, 0.2) is 22.5 Å². The zero-order chi connectivity index (χ0) is 22.6. The third kappa shape index (κ3) is 3.15. The average molecular weight is 470 g/mol. The molecule has 6 nitrogen and oxygen atoms in total. The number of thiazole rings is 1. The van der Waals surface area contributed by atoms with E-state index in [4.69, 9.17) is 0 Å². The van der Waals surface area contributed by atoms with Crippen LogP contribution in [0.4, 0.5) is 13.9 Å². The lowest BCUT2D eigenvalue weighted by Crippen LogP contribution is -2.30. The highest BCUT2D eigenvalue weighted by Gasteiger charge is 2.46. The van der Waals surface area contributed by atoms with Gasteiger partial charge < -0.3 is 10.2 Å². The van der Waals surface area contributed by atoms with E-state index in [-0.39, 0.29) is 22.0 Å². The van der Waals surface area contributed by atoms with Crippen LogP contribution in [0.15, 0.2) is 65.2 Å². The maximum atomic E-state index is 13.7. The number of aliphatic hydroxyl groups excluding tert-OH is 1. The Hall–Kier alpha value is -3.63. The number of rotatable bonds is 4. The fraction of sp³-hybridized carbons (Fsp3) is 0.0455. The average Bonchev–Trinajstić information content (AvgIpc) is 3.48. The number of ketones is 1. The van der Waals surface area contributed by atoms with Crippen LogP contribution < -0.4 is 4.90 Å². The summed E-state index contributed by atoms with van der Waals surface area (Å²) in [5, 5.41) is 22.1. The van der Waals surface area contributed by atoms with Crippen LogP contribution in [-0.4, -0.2) is 26.9 Å². The number of halogens is 2. The predicted molar refractivity (Wildman–Crippen MR) is 116 cm³/mol. The highest BCUT2D eigenvalue weighted by atomic mass is 32.1. The van der Waals surface area contributed by atoms with Crippen molar-refractivity contribution in [2.75, 3.05) is 4.90 Å². The van der Waals surface area contributed by atoms with E-state index in [1.165, 1.54) is 24.3 Å². The van der Waals surface area contributed by atoms with Gasteiger partial charge in [0, 0.05) is 6.07 Å². The van der Waals surface area contributed by atoms with Crippen molar-refractivity contribution in [3.05, 3.63) is 87.3 Å². The molecule has 2 aromatic carbocycles. The van der Waals surface area contributed by atoms with Crippen molar-refractivity contribution in [2.24, 2.45) is 0 Å². The third-order valence-corrected chi connectivity index (χ3v) is 6.92. The van der Waals surface area contributed by atoms with Crippen LogP contribution >= 0.6 is 22.7 Å². The number of fused-ring (bicyclic) bond motifs is 1. The molecule has 0 aliphatic carbocycles. The number of aromatic nitrogens is 1. The summed E-state index contributed by atoms with van der Waals surface area (Å²) in [5.41, 5.74) is 0.440. The van der Waals surface area contributed by atoms with Crippen LogP contribution in [-0.2, 0) is 4.79 Å². The van der Waals surface area contributed by atoms with E-state index in [2.05, 4.69) is 4.98 Å². The molecule has 10 heteroatoms. The van der Waals surface area contributed by atoms with Crippen molar-refractivity contribution in [1.82, 2.24) is 4.98 Å². The molecule has 3 heterocycles. The number of amides is 1. The Kier molecular flexibility index (Phi) is 4.75. The fourth-order valence-electron chi connectivity index (χ4n) is 3.56. The van der Waals surface area contributed by atoms with Crippen LogP contribution in [0.3, 0.4) is 0 Å². The quantitative estimate of drug-likeness (QED) is 0.404. The molecule has 1 unspecified atom stereocenters. The van der Waals surface area contributed by atoms with Crippen molar-refractivity contribution in [3.8, 4) is 5.75 Å². The number of carbonyl (C=O) groups is 2. The van der Waals surface area contributed by atoms with Gasteiger partial charge in [-0.05, 0) is 35.2 Å². The Labute approximate surface area is 187 Å². The number of aliphatic hydroxyl groups is 1. The minimum Gasteiger partial charge on any atom is -0.508 e. The molecule has 0 saturated heterocycles. The monoisotopic (exact) mass is 470 g/mol. The molecule has 0 spiro atoms. The lowest BCUT2D eigenvalue weighted by Gasteiger charge is -2.24. The molecule has 0 radical (unpaired) electrons. The topological polar surface area (TPSA) is 90.7 Å². The second-order valence-electron chi connectivity index (χ2n) is 6.97. The van der Waals surface area contributed by atoms with Crippen molar-refractivity contribution in [2.45, 2.75) is 6.04 Å². The summed E-state index contributed by atoms with van der Waals surface area (Å²) in [4.78, 5) is 32.0. The molecule has 1 amide bonds. The first-order valence-electron chi connectivity index (χ1n) is 9.24. The van der Waals surface area contributed by atoms with Crippen molar-refractivity contribution in [1.29, 1.82) is 0 Å². The van der Waals surface area contributed by atoms with E-state index >= 15 is 0 Å². The van der Waals surface area contributed by atoms with Crippen LogP contribution in [0.25, 0.3) is 10.2 Å². The van der Waals surface area contributed by atoms with E-state index < -0.39 is 35.1 Å². The number of carbonyl (C=O) groups excluding carboxylic acids is 2.